The zero-order valence-electron chi connectivity index (χ0n) is 17.2. The highest BCUT2D eigenvalue weighted by Crippen LogP contribution is 2.49. The van der Waals surface area contributed by atoms with Crippen molar-refractivity contribution in [3.63, 3.8) is 0 Å². The molecule has 2 saturated heterocycles. The summed E-state index contributed by atoms with van der Waals surface area (Å²) in [5.41, 5.74) is 2.42. The Hall–Kier alpha value is -2.73. The molecule has 0 N–H and O–H groups in total. The Bertz CT molecular complexity index is 1100. The molecule has 5 rings (SSSR count). The van der Waals surface area contributed by atoms with E-state index in [4.69, 9.17) is 0 Å². The van der Waals surface area contributed by atoms with Crippen molar-refractivity contribution in [3.05, 3.63) is 70.2 Å². The van der Waals surface area contributed by atoms with E-state index in [1.807, 2.05) is 60.4 Å². The van der Waals surface area contributed by atoms with E-state index in [0.29, 0.717) is 12.1 Å². The molecule has 0 aliphatic carbocycles. The fourth-order valence-corrected chi connectivity index (χ4v) is 5.59. The van der Waals surface area contributed by atoms with Gasteiger partial charge < -0.3 is 4.90 Å². The number of halogens is 1. The van der Waals surface area contributed by atoms with Crippen LogP contribution in [0.15, 0.2) is 59.1 Å². The van der Waals surface area contributed by atoms with E-state index >= 15 is 0 Å². The lowest BCUT2D eigenvalue weighted by atomic mass is 9.86. The minimum Gasteiger partial charge on any atom is -0.352 e. The monoisotopic (exact) mass is 478 g/mol. The van der Waals surface area contributed by atoms with Crippen LogP contribution < -0.4 is 4.90 Å². The lowest BCUT2D eigenvalue weighted by Crippen LogP contribution is -2.48. The predicted molar refractivity (Wildman–Crippen MR) is 123 cm³/mol. The third kappa shape index (κ3) is 3.07. The van der Waals surface area contributed by atoms with E-state index in [1.54, 1.807) is 12.1 Å². The Morgan fingerprint density at radius 3 is 2.52 bits per heavy atom. The predicted octanol–water partition coefficient (Wildman–Crippen LogP) is 4.32. The Morgan fingerprint density at radius 1 is 1.03 bits per heavy atom. The normalized spacial score (nSPS) is 26.1. The first-order valence-electron chi connectivity index (χ1n) is 10.7. The van der Waals surface area contributed by atoms with Gasteiger partial charge in [0.05, 0.1) is 17.9 Å². The van der Waals surface area contributed by atoms with E-state index in [-0.39, 0.29) is 23.6 Å². The molecule has 31 heavy (non-hydrogen) atoms. The second-order valence-corrected chi connectivity index (χ2v) is 9.28. The first-order chi connectivity index (χ1) is 15.0. The van der Waals surface area contributed by atoms with Crippen LogP contribution in [-0.2, 0) is 9.59 Å². The van der Waals surface area contributed by atoms with Crippen LogP contribution in [0, 0.1) is 11.8 Å². The number of carbonyl (C=O) groups is 3. The SMILES string of the molecule is CCCCN1C(=O)[C@@H]2[C@@H](C1=O)[C@@H]1C=Cc3cc(Br)ccc3N1[C@@H]2C(=O)c1ccccc1. The molecule has 2 aromatic rings. The summed E-state index contributed by atoms with van der Waals surface area (Å²) in [6.45, 7) is 2.46. The number of nitrogens with zero attached hydrogens (tertiary/aromatic N) is 2. The molecular weight excluding hydrogens is 456 g/mol. The van der Waals surface area contributed by atoms with Gasteiger partial charge in [-0.05, 0) is 30.2 Å². The third-order valence-corrected chi connectivity index (χ3v) is 7.11. The number of amides is 2. The highest BCUT2D eigenvalue weighted by Gasteiger charge is 2.63. The number of fused-ring (bicyclic) bond motifs is 5. The van der Waals surface area contributed by atoms with Crippen LogP contribution in [0.3, 0.4) is 0 Å². The molecule has 0 unspecified atom stereocenters. The molecule has 0 aromatic heterocycles. The summed E-state index contributed by atoms with van der Waals surface area (Å²) in [5, 5.41) is 0. The number of imide groups is 1. The Balaban J connectivity index is 1.63. The first kappa shape index (κ1) is 20.2. The second kappa shape index (κ2) is 7.75. The molecule has 5 nitrogen and oxygen atoms in total. The van der Waals surface area contributed by atoms with E-state index in [2.05, 4.69) is 15.9 Å². The van der Waals surface area contributed by atoms with Crippen LogP contribution in [0.2, 0.25) is 0 Å². The lowest BCUT2D eigenvalue weighted by molar-refractivity contribution is -0.140. The molecular formula is C25H23BrN2O3. The van der Waals surface area contributed by atoms with Gasteiger partial charge in [0.15, 0.2) is 5.78 Å². The van der Waals surface area contributed by atoms with Gasteiger partial charge in [-0.25, -0.2) is 0 Å². The Kier molecular flexibility index (Phi) is 5.05. The lowest BCUT2D eigenvalue weighted by Gasteiger charge is -2.36. The Labute approximate surface area is 189 Å². The van der Waals surface area contributed by atoms with E-state index in [0.717, 1.165) is 28.6 Å². The number of Topliss-reactive ketones (excluding diaryl/α,β-unsaturated/α-hetero) is 1. The molecule has 2 amide bonds. The average molecular weight is 479 g/mol. The van der Waals surface area contributed by atoms with Crippen molar-refractivity contribution >= 4 is 45.3 Å². The van der Waals surface area contributed by atoms with Gasteiger partial charge >= 0.3 is 0 Å². The van der Waals surface area contributed by atoms with Crippen LogP contribution in [0.25, 0.3) is 6.08 Å². The molecule has 4 atom stereocenters. The van der Waals surface area contributed by atoms with Crippen LogP contribution in [0.4, 0.5) is 5.69 Å². The van der Waals surface area contributed by atoms with Crippen molar-refractivity contribution < 1.29 is 14.4 Å². The quantitative estimate of drug-likeness (QED) is 0.474. The molecule has 3 heterocycles. The molecule has 0 bridgehead atoms. The molecule has 2 aromatic carbocycles. The number of ketones is 1. The fraction of sp³-hybridized carbons (Fsp3) is 0.320. The number of benzene rings is 2. The molecule has 2 fully saturated rings. The van der Waals surface area contributed by atoms with Gasteiger partial charge in [0.2, 0.25) is 11.8 Å². The summed E-state index contributed by atoms with van der Waals surface area (Å²) in [6, 6.07) is 14.0. The average Bonchev–Trinajstić information content (AvgIpc) is 3.25. The number of hydrogen-bond donors (Lipinski definition) is 0. The van der Waals surface area contributed by atoms with E-state index in [1.165, 1.54) is 4.90 Å². The molecule has 0 saturated carbocycles. The standard InChI is InChI=1S/C25H23BrN2O3/c1-2-3-13-27-24(30)20-19-11-9-16-14-17(26)10-12-18(16)28(19)22(21(20)25(27)31)23(29)15-7-5-4-6-8-15/h4-12,14,19-22H,2-3,13H2,1H3/t19-,20-,21+,22-/m0/s1. The number of hydrogen-bond acceptors (Lipinski definition) is 4. The number of rotatable bonds is 5. The first-order valence-corrected chi connectivity index (χ1v) is 11.5. The zero-order valence-corrected chi connectivity index (χ0v) is 18.8. The number of anilines is 1. The minimum atomic E-state index is -0.703. The van der Waals surface area contributed by atoms with Crippen molar-refractivity contribution in [1.29, 1.82) is 0 Å². The van der Waals surface area contributed by atoms with Crippen molar-refractivity contribution in [1.82, 2.24) is 4.90 Å². The molecule has 158 valence electrons. The van der Waals surface area contributed by atoms with E-state index < -0.39 is 17.9 Å². The molecule has 0 radical (unpaired) electrons. The van der Waals surface area contributed by atoms with Crippen molar-refractivity contribution in [2.75, 3.05) is 11.4 Å². The number of carbonyl (C=O) groups excluding carboxylic acids is 3. The van der Waals surface area contributed by atoms with Crippen molar-refractivity contribution in [2.24, 2.45) is 11.8 Å². The summed E-state index contributed by atoms with van der Waals surface area (Å²) >= 11 is 3.51. The third-order valence-electron chi connectivity index (χ3n) is 6.62. The van der Waals surface area contributed by atoms with Gasteiger partial charge in [0, 0.05) is 22.3 Å². The molecule has 3 aliphatic heterocycles. The molecule has 6 heteroatoms. The van der Waals surface area contributed by atoms with Gasteiger partial charge in [0.1, 0.15) is 6.04 Å². The number of likely N-dealkylation sites (tertiary alicyclic amines) is 1. The van der Waals surface area contributed by atoms with Gasteiger partial charge in [-0.3, -0.25) is 19.3 Å². The van der Waals surface area contributed by atoms with Crippen molar-refractivity contribution in [2.45, 2.75) is 31.8 Å². The number of unbranched alkanes of at least 4 members (excludes halogenated alkanes) is 1. The van der Waals surface area contributed by atoms with Crippen LogP contribution in [0.1, 0.15) is 35.7 Å². The maximum atomic E-state index is 13.7. The largest absolute Gasteiger partial charge is 0.352 e. The molecule has 0 spiro atoms. The van der Waals surface area contributed by atoms with Crippen LogP contribution in [-0.4, -0.2) is 41.1 Å². The second-order valence-electron chi connectivity index (χ2n) is 8.37. The molecule has 3 aliphatic rings. The van der Waals surface area contributed by atoms with Gasteiger partial charge in [0.25, 0.3) is 0 Å². The summed E-state index contributed by atoms with van der Waals surface area (Å²) in [6.07, 6.45) is 5.66. The van der Waals surface area contributed by atoms with Gasteiger partial charge in [-0.2, -0.15) is 0 Å². The van der Waals surface area contributed by atoms with Crippen LogP contribution in [0.5, 0.6) is 0 Å². The van der Waals surface area contributed by atoms with Gasteiger partial charge in [-0.1, -0.05) is 71.8 Å². The smallest absolute Gasteiger partial charge is 0.235 e. The fourth-order valence-electron chi connectivity index (χ4n) is 5.22. The Morgan fingerprint density at radius 2 is 1.77 bits per heavy atom. The summed E-state index contributed by atoms with van der Waals surface area (Å²) in [7, 11) is 0. The zero-order chi connectivity index (χ0) is 21.7. The highest BCUT2D eigenvalue weighted by molar-refractivity contribution is 9.10. The summed E-state index contributed by atoms with van der Waals surface area (Å²) < 4.78 is 0.942. The maximum Gasteiger partial charge on any atom is 0.235 e. The maximum absolute atomic E-state index is 13.7. The summed E-state index contributed by atoms with van der Waals surface area (Å²) in [5.74, 6) is -1.66. The minimum absolute atomic E-state index is 0.110. The van der Waals surface area contributed by atoms with Gasteiger partial charge in [-0.15, -0.1) is 0 Å². The van der Waals surface area contributed by atoms with Crippen LogP contribution >= 0.6 is 15.9 Å². The van der Waals surface area contributed by atoms with E-state index in [9.17, 15) is 14.4 Å². The highest BCUT2D eigenvalue weighted by atomic mass is 79.9. The van der Waals surface area contributed by atoms with Crippen molar-refractivity contribution in [3.8, 4) is 0 Å². The summed E-state index contributed by atoms with van der Waals surface area (Å²) in [4.78, 5) is 44.0. The topological polar surface area (TPSA) is 57.7 Å².